The van der Waals surface area contributed by atoms with Gasteiger partial charge in [0.25, 0.3) is 0 Å². The fourth-order valence-electron chi connectivity index (χ4n) is 4.28. The van der Waals surface area contributed by atoms with Crippen LogP contribution in [0, 0.1) is 17.2 Å². The largest absolute Gasteiger partial charge is 0.492 e. The third-order valence-electron chi connectivity index (χ3n) is 6.12. The highest BCUT2D eigenvalue weighted by Crippen LogP contribution is 2.32. The molecule has 0 unspecified atom stereocenters. The minimum Gasteiger partial charge on any atom is -0.492 e. The molecule has 9 nitrogen and oxygen atoms in total. The van der Waals surface area contributed by atoms with Gasteiger partial charge in [0.1, 0.15) is 17.6 Å². The van der Waals surface area contributed by atoms with Gasteiger partial charge in [-0.05, 0) is 37.5 Å². The van der Waals surface area contributed by atoms with Crippen molar-refractivity contribution in [1.82, 2.24) is 19.5 Å². The van der Waals surface area contributed by atoms with Gasteiger partial charge in [-0.15, -0.1) is 0 Å². The lowest BCUT2D eigenvalue weighted by atomic mass is 9.92. The molecule has 0 aromatic carbocycles. The summed E-state index contributed by atoms with van der Waals surface area (Å²) in [6.07, 6.45) is 5.06. The third kappa shape index (κ3) is 3.91. The molecule has 1 amide bonds. The third-order valence-corrected chi connectivity index (χ3v) is 6.12. The summed E-state index contributed by atoms with van der Waals surface area (Å²) >= 11 is 0. The summed E-state index contributed by atoms with van der Waals surface area (Å²) < 4.78 is 7.33. The molecule has 1 N–H and O–H groups in total. The van der Waals surface area contributed by atoms with Gasteiger partial charge in [0.2, 0.25) is 0 Å². The zero-order valence-corrected chi connectivity index (χ0v) is 18.4. The average molecular weight is 435 g/mol. The van der Waals surface area contributed by atoms with Gasteiger partial charge in [0.15, 0.2) is 0 Å². The lowest BCUT2D eigenvalue weighted by Crippen LogP contribution is -2.52. The fourth-order valence-corrected chi connectivity index (χ4v) is 4.28. The van der Waals surface area contributed by atoms with Gasteiger partial charge in [-0.3, -0.25) is 0 Å². The van der Waals surface area contributed by atoms with Crippen molar-refractivity contribution in [3.63, 3.8) is 0 Å². The molecule has 0 radical (unpaired) electrons. The lowest BCUT2D eigenvalue weighted by Gasteiger charge is -2.41. The van der Waals surface area contributed by atoms with Gasteiger partial charge in [0.05, 0.1) is 36.1 Å². The second-order valence-electron chi connectivity index (χ2n) is 8.06. The summed E-state index contributed by atoms with van der Waals surface area (Å²) in [4.78, 5) is 19.6. The van der Waals surface area contributed by atoms with E-state index in [0.29, 0.717) is 30.0 Å². The van der Waals surface area contributed by atoms with Gasteiger partial charge in [-0.1, -0.05) is 6.92 Å². The second kappa shape index (κ2) is 8.75. The van der Waals surface area contributed by atoms with E-state index in [2.05, 4.69) is 28.0 Å². The zero-order valence-electron chi connectivity index (χ0n) is 18.4. The molecule has 32 heavy (non-hydrogen) atoms. The average Bonchev–Trinajstić information content (AvgIpc) is 3.22. The number of aromatic nitrogens is 3. The lowest BCUT2D eigenvalue weighted by molar-refractivity contribution is 0.117. The van der Waals surface area contributed by atoms with Crippen LogP contribution in [0.4, 0.5) is 10.6 Å². The van der Waals surface area contributed by atoms with Crippen molar-refractivity contribution in [2.24, 2.45) is 5.92 Å². The van der Waals surface area contributed by atoms with Gasteiger partial charge < -0.3 is 19.6 Å². The number of carboxylic acid groups (broad SMARTS) is 1. The first-order valence-electron chi connectivity index (χ1n) is 10.6. The number of rotatable bonds is 5. The molecule has 2 atom stereocenters. The van der Waals surface area contributed by atoms with E-state index < -0.39 is 6.09 Å². The van der Waals surface area contributed by atoms with E-state index in [4.69, 9.17) is 4.74 Å². The maximum Gasteiger partial charge on any atom is 0.407 e. The standard InChI is InChI=1S/C23H26N6O3/c1-4-32-18-9-19(22-17(10-24)12-26-29(22)13-18)16-5-6-21(25-11-16)28-8-7-15(2)20(14-28)27(3)23(30)31/h5-6,9,11-13,15,20H,4,7-8,14H2,1-3H3,(H,30,31)/t15-,20+/m1/s1. The Hall–Kier alpha value is -3.80. The van der Waals surface area contributed by atoms with Crippen LogP contribution in [-0.4, -0.2) is 63.5 Å². The van der Waals surface area contributed by atoms with E-state index >= 15 is 0 Å². The van der Waals surface area contributed by atoms with Crippen LogP contribution in [-0.2, 0) is 0 Å². The number of hydrogen-bond donors (Lipinski definition) is 1. The molecule has 166 valence electrons. The Morgan fingerprint density at radius 3 is 2.88 bits per heavy atom. The number of nitriles is 1. The van der Waals surface area contributed by atoms with E-state index in [1.54, 1.807) is 30.2 Å². The number of piperidine rings is 1. The highest BCUT2D eigenvalue weighted by atomic mass is 16.5. The summed E-state index contributed by atoms with van der Waals surface area (Å²) in [6.45, 7) is 5.95. The van der Waals surface area contributed by atoms with Crippen LogP contribution in [0.2, 0.25) is 0 Å². The van der Waals surface area contributed by atoms with Crippen molar-refractivity contribution < 1.29 is 14.6 Å². The Kier molecular flexibility index (Phi) is 5.86. The van der Waals surface area contributed by atoms with E-state index in [1.165, 1.54) is 4.90 Å². The van der Waals surface area contributed by atoms with Crippen LogP contribution >= 0.6 is 0 Å². The van der Waals surface area contributed by atoms with Crippen LogP contribution in [0.15, 0.2) is 36.8 Å². The molecule has 1 fully saturated rings. The topological polar surface area (TPSA) is 107 Å². The van der Waals surface area contributed by atoms with E-state index in [-0.39, 0.29) is 12.0 Å². The first kappa shape index (κ1) is 21.4. The maximum absolute atomic E-state index is 11.5. The predicted octanol–water partition coefficient (Wildman–Crippen LogP) is 3.49. The smallest absolute Gasteiger partial charge is 0.407 e. The normalized spacial score (nSPS) is 18.4. The van der Waals surface area contributed by atoms with Gasteiger partial charge in [0, 0.05) is 37.5 Å². The summed E-state index contributed by atoms with van der Waals surface area (Å²) in [5.74, 6) is 1.75. The van der Waals surface area contributed by atoms with Crippen molar-refractivity contribution >= 4 is 17.4 Å². The Labute approximate surface area is 186 Å². The summed E-state index contributed by atoms with van der Waals surface area (Å²) in [5.41, 5.74) is 2.86. The number of ether oxygens (including phenoxy) is 1. The Morgan fingerprint density at radius 1 is 1.41 bits per heavy atom. The molecule has 4 heterocycles. The number of pyridine rings is 2. The number of likely N-dealkylation sites (N-methyl/N-ethyl adjacent to an activating group) is 1. The molecule has 4 rings (SSSR count). The molecule has 9 heteroatoms. The van der Waals surface area contributed by atoms with Crippen LogP contribution in [0.1, 0.15) is 25.8 Å². The summed E-state index contributed by atoms with van der Waals surface area (Å²) in [6, 6.07) is 7.92. The molecule has 1 saturated heterocycles. The Balaban J connectivity index is 1.66. The first-order chi connectivity index (χ1) is 15.4. The second-order valence-corrected chi connectivity index (χ2v) is 8.06. The van der Waals surface area contributed by atoms with E-state index in [9.17, 15) is 15.2 Å². The molecule has 0 spiro atoms. The quantitative estimate of drug-likeness (QED) is 0.655. The molecule has 0 aliphatic carbocycles. The number of nitrogens with zero attached hydrogens (tertiary/aromatic N) is 6. The van der Waals surface area contributed by atoms with Crippen LogP contribution in [0.3, 0.4) is 0 Å². The molecular weight excluding hydrogens is 408 g/mol. The molecule has 3 aromatic rings. The van der Waals surface area contributed by atoms with E-state index in [0.717, 1.165) is 29.9 Å². The monoisotopic (exact) mass is 434 g/mol. The number of amides is 1. The van der Waals surface area contributed by atoms with Crippen LogP contribution < -0.4 is 9.64 Å². The van der Waals surface area contributed by atoms with Crippen molar-refractivity contribution in [2.45, 2.75) is 26.3 Å². The van der Waals surface area contributed by atoms with Crippen molar-refractivity contribution in [1.29, 1.82) is 5.26 Å². The molecule has 0 saturated carbocycles. The highest BCUT2D eigenvalue weighted by Gasteiger charge is 2.32. The van der Waals surface area contributed by atoms with Gasteiger partial charge >= 0.3 is 6.09 Å². The molecule has 1 aliphatic rings. The van der Waals surface area contributed by atoms with Crippen molar-refractivity contribution in [3.05, 3.63) is 42.4 Å². The number of anilines is 1. The molecular formula is C23H26N6O3. The first-order valence-corrected chi connectivity index (χ1v) is 10.6. The number of carbonyl (C=O) groups is 1. The Bertz CT molecular complexity index is 1170. The van der Waals surface area contributed by atoms with Crippen LogP contribution in [0.5, 0.6) is 5.75 Å². The highest BCUT2D eigenvalue weighted by molar-refractivity contribution is 5.85. The SMILES string of the molecule is CCOc1cc(-c2ccc(N3CC[C@@H](C)[C@@H](N(C)C(=O)O)C3)nc2)c2c(C#N)cnn2c1. The minimum atomic E-state index is -0.917. The molecule has 0 bridgehead atoms. The van der Waals surface area contributed by atoms with Crippen LogP contribution in [0.25, 0.3) is 16.6 Å². The predicted molar refractivity (Wildman–Crippen MR) is 120 cm³/mol. The number of fused-ring (bicyclic) bond motifs is 1. The van der Waals surface area contributed by atoms with E-state index in [1.807, 2.05) is 25.1 Å². The van der Waals surface area contributed by atoms with Crippen molar-refractivity contribution in [3.8, 4) is 22.9 Å². The molecule has 3 aromatic heterocycles. The molecule has 1 aliphatic heterocycles. The van der Waals surface area contributed by atoms with Gasteiger partial charge in [-0.2, -0.15) is 10.4 Å². The fraction of sp³-hybridized carbons (Fsp3) is 0.391. The van der Waals surface area contributed by atoms with Gasteiger partial charge in [-0.25, -0.2) is 14.3 Å². The maximum atomic E-state index is 11.5. The number of hydrogen-bond acceptors (Lipinski definition) is 6. The van der Waals surface area contributed by atoms with Crippen molar-refractivity contribution in [2.75, 3.05) is 31.6 Å². The summed E-state index contributed by atoms with van der Waals surface area (Å²) in [7, 11) is 1.62. The minimum absolute atomic E-state index is 0.0878. The summed E-state index contributed by atoms with van der Waals surface area (Å²) in [5, 5.41) is 23.2. The zero-order chi connectivity index (χ0) is 22.8. The Morgan fingerprint density at radius 2 is 2.22 bits per heavy atom.